The van der Waals surface area contributed by atoms with Gasteiger partial charge in [-0.05, 0) is 72.4 Å². The number of anilines is 2. The van der Waals surface area contributed by atoms with Crippen molar-refractivity contribution in [3.05, 3.63) is 95.1 Å². The predicted molar refractivity (Wildman–Crippen MR) is 150 cm³/mol. The van der Waals surface area contributed by atoms with Gasteiger partial charge in [0.2, 0.25) is 6.17 Å². The summed E-state index contributed by atoms with van der Waals surface area (Å²) in [4.78, 5) is 38.0. The molecule has 3 aromatic rings. The highest BCUT2D eigenvalue weighted by atomic mass is 19.1. The normalized spacial score (nSPS) is 14.0. The SMILES string of the molecule is N#Cc1cccc(NC(=O)N(Cc2ccc(C(=O)NCC(F)C(=O)O)cc2)c2ccc(C3CCCCC3)cc2)c1. The molecule has 0 aromatic heterocycles. The van der Waals surface area contributed by atoms with Crippen LogP contribution in [0.4, 0.5) is 20.6 Å². The van der Waals surface area contributed by atoms with Gasteiger partial charge >= 0.3 is 12.0 Å². The first-order chi connectivity index (χ1) is 19.3. The van der Waals surface area contributed by atoms with E-state index < -0.39 is 24.6 Å². The summed E-state index contributed by atoms with van der Waals surface area (Å²) in [6.45, 7) is -0.437. The number of alkyl halides is 1. The number of nitriles is 1. The number of amides is 3. The lowest BCUT2D eigenvalue weighted by Crippen LogP contribution is -2.35. The lowest BCUT2D eigenvalue weighted by Gasteiger charge is -2.26. The number of aliphatic carboxylic acids is 1. The number of carboxylic acid groups (broad SMARTS) is 1. The number of urea groups is 1. The molecular weight excluding hydrogens is 511 g/mol. The van der Waals surface area contributed by atoms with E-state index in [4.69, 9.17) is 5.11 Å². The van der Waals surface area contributed by atoms with Gasteiger partial charge in [-0.3, -0.25) is 9.69 Å². The number of benzene rings is 3. The van der Waals surface area contributed by atoms with Gasteiger partial charge in [0.05, 0.1) is 24.7 Å². The summed E-state index contributed by atoms with van der Waals surface area (Å²) < 4.78 is 13.3. The van der Waals surface area contributed by atoms with Gasteiger partial charge in [0.15, 0.2) is 0 Å². The van der Waals surface area contributed by atoms with Crippen LogP contribution in [0.15, 0.2) is 72.8 Å². The van der Waals surface area contributed by atoms with Gasteiger partial charge in [0.25, 0.3) is 5.91 Å². The molecule has 3 aromatic carbocycles. The fraction of sp³-hybridized carbons (Fsp3) is 0.290. The molecule has 1 aliphatic rings. The monoisotopic (exact) mass is 542 g/mol. The fourth-order valence-corrected chi connectivity index (χ4v) is 4.82. The second kappa shape index (κ2) is 13.4. The summed E-state index contributed by atoms with van der Waals surface area (Å²) >= 11 is 0. The number of halogens is 1. The Morgan fingerprint density at radius 1 is 1.00 bits per heavy atom. The third-order valence-electron chi connectivity index (χ3n) is 7.04. The third-order valence-corrected chi connectivity index (χ3v) is 7.04. The molecule has 0 heterocycles. The molecule has 9 heteroatoms. The van der Waals surface area contributed by atoms with Crippen molar-refractivity contribution in [1.82, 2.24) is 5.32 Å². The molecule has 3 amide bonds. The Balaban J connectivity index is 1.52. The van der Waals surface area contributed by atoms with E-state index in [1.807, 2.05) is 12.1 Å². The molecule has 0 radical (unpaired) electrons. The Hall–Kier alpha value is -4.71. The van der Waals surface area contributed by atoms with Crippen molar-refractivity contribution in [2.24, 2.45) is 0 Å². The average Bonchev–Trinajstić information content (AvgIpc) is 2.99. The summed E-state index contributed by atoms with van der Waals surface area (Å²) in [5.41, 5.74) is 3.85. The van der Waals surface area contributed by atoms with E-state index in [-0.39, 0.29) is 18.1 Å². The van der Waals surface area contributed by atoms with Crippen LogP contribution in [0, 0.1) is 11.3 Å². The summed E-state index contributed by atoms with van der Waals surface area (Å²) in [6.07, 6.45) is 3.88. The molecule has 1 aliphatic carbocycles. The molecule has 206 valence electrons. The standard InChI is InChI=1S/C31H31FN4O4/c32-28(30(38)39)19-34-29(37)25-11-9-21(10-12-25)20-36(31(40)35-26-8-4-5-22(17-26)18-33)27-15-13-24(14-16-27)23-6-2-1-3-7-23/h4-5,8-17,23,28H,1-3,6-7,19-20H2,(H,34,37)(H,35,40)(H,38,39). The van der Waals surface area contributed by atoms with Crippen molar-refractivity contribution in [3.8, 4) is 6.07 Å². The van der Waals surface area contributed by atoms with Gasteiger partial charge in [0, 0.05) is 16.9 Å². The Kier molecular flexibility index (Phi) is 9.47. The van der Waals surface area contributed by atoms with E-state index in [0.717, 1.165) is 5.56 Å². The maximum Gasteiger partial charge on any atom is 0.340 e. The van der Waals surface area contributed by atoms with Gasteiger partial charge in [0.1, 0.15) is 0 Å². The lowest BCUT2D eigenvalue weighted by molar-refractivity contribution is -0.142. The zero-order valence-corrected chi connectivity index (χ0v) is 22.0. The van der Waals surface area contributed by atoms with Crippen molar-refractivity contribution in [3.63, 3.8) is 0 Å². The molecule has 8 nitrogen and oxygen atoms in total. The van der Waals surface area contributed by atoms with Crippen LogP contribution in [0.3, 0.4) is 0 Å². The number of nitrogens with zero attached hydrogens (tertiary/aromatic N) is 2. The zero-order valence-electron chi connectivity index (χ0n) is 22.0. The molecule has 1 unspecified atom stereocenters. The van der Waals surface area contributed by atoms with Crippen molar-refractivity contribution in [2.45, 2.75) is 50.7 Å². The number of carbonyl (C=O) groups excluding carboxylic acids is 2. The van der Waals surface area contributed by atoms with Crippen LogP contribution in [-0.2, 0) is 11.3 Å². The second-order valence-electron chi connectivity index (χ2n) is 9.85. The number of nitrogens with one attached hydrogen (secondary N) is 2. The smallest absolute Gasteiger partial charge is 0.340 e. The van der Waals surface area contributed by atoms with Gasteiger partial charge in [-0.1, -0.05) is 49.6 Å². The highest BCUT2D eigenvalue weighted by molar-refractivity contribution is 6.01. The highest BCUT2D eigenvalue weighted by Gasteiger charge is 2.20. The predicted octanol–water partition coefficient (Wildman–Crippen LogP) is 6.00. The summed E-state index contributed by atoms with van der Waals surface area (Å²) in [5.74, 6) is -1.71. The maximum atomic E-state index is 13.5. The minimum Gasteiger partial charge on any atom is -0.479 e. The van der Waals surface area contributed by atoms with Crippen LogP contribution >= 0.6 is 0 Å². The zero-order chi connectivity index (χ0) is 28.5. The number of hydrogen-bond acceptors (Lipinski definition) is 4. The van der Waals surface area contributed by atoms with Crippen molar-refractivity contribution in [1.29, 1.82) is 5.26 Å². The van der Waals surface area contributed by atoms with Gasteiger partial charge in [-0.15, -0.1) is 0 Å². The van der Waals surface area contributed by atoms with E-state index in [1.165, 1.54) is 49.8 Å². The molecule has 1 saturated carbocycles. The average molecular weight is 543 g/mol. The van der Waals surface area contributed by atoms with Crippen LogP contribution in [-0.4, -0.2) is 35.7 Å². The van der Waals surface area contributed by atoms with Crippen molar-refractivity contribution < 1.29 is 23.9 Å². The summed E-state index contributed by atoms with van der Waals surface area (Å²) in [5, 5.41) is 23.0. The van der Waals surface area contributed by atoms with E-state index in [0.29, 0.717) is 22.9 Å². The number of carboxylic acids is 1. The summed E-state index contributed by atoms with van der Waals surface area (Å²) in [6, 6.07) is 22.8. The largest absolute Gasteiger partial charge is 0.479 e. The molecule has 0 aliphatic heterocycles. The van der Waals surface area contributed by atoms with E-state index in [2.05, 4.69) is 28.8 Å². The Morgan fingerprint density at radius 3 is 2.35 bits per heavy atom. The molecule has 1 fully saturated rings. The van der Waals surface area contributed by atoms with Crippen LogP contribution in [0.5, 0.6) is 0 Å². The molecule has 1 atom stereocenters. The van der Waals surface area contributed by atoms with Crippen LogP contribution in [0.25, 0.3) is 0 Å². The van der Waals surface area contributed by atoms with E-state index in [1.54, 1.807) is 41.3 Å². The first-order valence-corrected chi connectivity index (χ1v) is 13.3. The van der Waals surface area contributed by atoms with E-state index >= 15 is 0 Å². The Morgan fingerprint density at radius 2 is 1.70 bits per heavy atom. The van der Waals surface area contributed by atoms with Crippen LogP contribution < -0.4 is 15.5 Å². The minimum atomic E-state index is -2.19. The quantitative estimate of drug-likeness (QED) is 0.306. The minimum absolute atomic E-state index is 0.194. The maximum absolute atomic E-state index is 13.5. The van der Waals surface area contributed by atoms with Gasteiger partial charge in [-0.2, -0.15) is 5.26 Å². The molecule has 3 N–H and O–H groups in total. The number of hydrogen-bond donors (Lipinski definition) is 3. The van der Waals surface area contributed by atoms with Crippen LogP contribution in [0.2, 0.25) is 0 Å². The fourth-order valence-electron chi connectivity index (χ4n) is 4.82. The van der Waals surface area contributed by atoms with Crippen LogP contribution in [0.1, 0.15) is 65.1 Å². The van der Waals surface area contributed by atoms with Crippen molar-refractivity contribution >= 4 is 29.3 Å². The molecule has 0 saturated heterocycles. The number of carbonyl (C=O) groups is 3. The molecule has 0 bridgehead atoms. The highest BCUT2D eigenvalue weighted by Crippen LogP contribution is 2.33. The molecule has 4 rings (SSSR count). The van der Waals surface area contributed by atoms with E-state index in [9.17, 15) is 24.0 Å². The lowest BCUT2D eigenvalue weighted by atomic mass is 9.84. The first kappa shape index (κ1) is 28.3. The molecule has 40 heavy (non-hydrogen) atoms. The van der Waals surface area contributed by atoms with Crippen molar-refractivity contribution in [2.75, 3.05) is 16.8 Å². The van der Waals surface area contributed by atoms with Gasteiger partial charge in [-0.25, -0.2) is 14.0 Å². The van der Waals surface area contributed by atoms with Gasteiger partial charge < -0.3 is 15.7 Å². The third kappa shape index (κ3) is 7.44. The molecule has 0 spiro atoms. The Bertz CT molecular complexity index is 1380. The molecular formula is C31H31FN4O4. The topological polar surface area (TPSA) is 123 Å². The Labute approximate surface area is 232 Å². The first-order valence-electron chi connectivity index (χ1n) is 13.3. The summed E-state index contributed by atoms with van der Waals surface area (Å²) in [7, 11) is 0. The second-order valence-corrected chi connectivity index (χ2v) is 9.85. The number of rotatable bonds is 9.